The number of amides is 2. The molecule has 1 aliphatic heterocycles. The molecule has 0 spiro atoms. The van der Waals surface area contributed by atoms with E-state index in [1.165, 1.54) is 0 Å². The van der Waals surface area contributed by atoms with Crippen LogP contribution in [-0.2, 0) is 4.79 Å². The van der Waals surface area contributed by atoms with Gasteiger partial charge in [0.05, 0.1) is 17.5 Å². The summed E-state index contributed by atoms with van der Waals surface area (Å²) in [5.41, 5.74) is 0. The van der Waals surface area contributed by atoms with Crippen molar-refractivity contribution in [2.24, 2.45) is 5.92 Å². The summed E-state index contributed by atoms with van der Waals surface area (Å²) in [4.78, 5) is 24.8. The van der Waals surface area contributed by atoms with Gasteiger partial charge in [-0.15, -0.1) is 0 Å². The van der Waals surface area contributed by atoms with E-state index in [2.05, 4.69) is 5.32 Å². The Labute approximate surface area is 146 Å². The minimum Gasteiger partial charge on any atom is -0.487 e. The minimum atomic E-state index is -0.783. The molecular weight excluding hydrogens is 332 g/mol. The molecule has 2 rings (SSSR count). The van der Waals surface area contributed by atoms with Crippen LogP contribution in [0, 0.1) is 5.92 Å². The number of nitrogens with zero attached hydrogens (tertiary/aromatic N) is 1. The summed E-state index contributed by atoms with van der Waals surface area (Å²) in [5.74, 6) is -0.530. The van der Waals surface area contributed by atoms with Crippen molar-refractivity contribution in [2.75, 3.05) is 19.6 Å². The maximum atomic E-state index is 12.2. The molecule has 7 heteroatoms. The number of ether oxygens (including phenoxy) is 1. The van der Waals surface area contributed by atoms with Gasteiger partial charge in [-0.2, -0.15) is 0 Å². The van der Waals surface area contributed by atoms with Crippen LogP contribution in [0.1, 0.15) is 26.2 Å². The van der Waals surface area contributed by atoms with E-state index in [1.54, 1.807) is 17.0 Å². The number of hydrogen-bond acceptors (Lipinski definition) is 3. The predicted octanol–water partition coefficient (Wildman–Crippen LogP) is 3.00. The summed E-state index contributed by atoms with van der Waals surface area (Å²) < 4.78 is 5.84. The molecule has 1 fully saturated rings. The van der Waals surface area contributed by atoms with Crippen LogP contribution in [-0.4, -0.2) is 47.7 Å². The number of carbonyl (C=O) groups is 2. The van der Waals surface area contributed by atoms with Crippen LogP contribution in [0.4, 0.5) is 4.79 Å². The quantitative estimate of drug-likeness (QED) is 0.823. The van der Waals surface area contributed by atoms with Crippen LogP contribution in [0.2, 0.25) is 5.02 Å². The van der Waals surface area contributed by atoms with Gasteiger partial charge in [-0.1, -0.05) is 30.7 Å². The first kappa shape index (κ1) is 18.4. The van der Waals surface area contributed by atoms with Crippen molar-refractivity contribution in [3.63, 3.8) is 0 Å². The third-order valence-electron chi connectivity index (χ3n) is 4.20. The number of likely N-dealkylation sites (tertiary alicyclic amines) is 1. The molecule has 2 amide bonds. The molecule has 132 valence electrons. The predicted molar refractivity (Wildman–Crippen MR) is 91.5 cm³/mol. The highest BCUT2D eigenvalue weighted by atomic mass is 35.5. The molecular formula is C17H23ClN2O4. The molecule has 0 radical (unpaired) electrons. The number of carbonyl (C=O) groups excluding carboxylic acids is 1. The Balaban J connectivity index is 1.79. The van der Waals surface area contributed by atoms with E-state index >= 15 is 0 Å². The molecule has 0 aliphatic carbocycles. The minimum absolute atomic E-state index is 0.176. The molecule has 2 N–H and O–H groups in total. The number of urea groups is 1. The molecule has 1 heterocycles. The number of carboxylic acids is 1. The Kier molecular flexibility index (Phi) is 6.73. The van der Waals surface area contributed by atoms with E-state index in [4.69, 9.17) is 21.4 Å². The number of aliphatic carboxylic acids is 1. The molecule has 24 heavy (non-hydrogen) atoms. The highest BCUT2D eigenvalue weighted by Gasteiger charge is 2.27. The summed E-state index contributed by atoms with van der Waals surface area (Å²) in [6, 6.07) is 7.05. The monoisotopic (exact) mass is 354 g/mol. The lowest BCUT2D eigenvalue weighted by Gasteiger charge is -2.30. The molecule has 1 aromatic carbocycles. The van der Waals surface area contributed by atoms with Crippen molar-refractivity contribution in [1.82, 2.24) is 10.2 Å². The van der Waals surface area contributed by atoms with Gasteiger partial charge in [0.1, 0.15) is 11.9 Å². The summed E-state index contributed by atoms with van der Waals surface area (Å²) in [7, 11) is 0. The smallest absolute Gasteiger partial charge is 0.317 e. The maximum absolute atomic E-state index is 12.2. The van der Waals surface area contributed by atoms with Crippen molar-refractivity contribution < 1.29 is 19.4 Å². The Morgan fingerprint density at radius 2 is 2.04 bits per heavy atom. The van der Waals surface area contributed by atoms with Gasteiger partial charge in [0.15, 0.2) is 0 Å². The van der Waals surface area contributed by atoms with Gasteiger partial charge < -0.3 is 20.1 Å². The van der Waals surface area contributed by atoms with Crippen molar-refractivity contribution >= 4 is 23.6 Å². The van der Waals surface area contributed by atoms with Crippen LogP contribution in [0.15, 0.2) is 24.3 Å². The number of hydrogen-bond donors (Lipinski definition) is 2. The fourth-order valence-corrected chi connectivity index (χ4v) is 2.81. The fourth-order valence-electron chi connectivity index (χ4n) is 2.63. The van der Waals surface area contributed by atoms with E-state index < -0.39 is 5.97 Å². The normalized spacial score (nSPS) is 16.5. The number of piperidine rings is 1. The van der Waals surface area contributed by atoms with E-state index in [1.807, 2.05) is 19.1 Å². The Morgan fingerprint density at radius 3 is 2.62 bits per heavy atom. The van der Waals surface area contributed by atoms with Crippen LogP contribution in [0.3, 0.4) is 0 Å². The molecule has 1 atom stereocenters. The largest absolute Gasteiger partial charge is 0.487 e. The van der Waals surface area contributed by atoms with E-state index in [0.717, 1.165) is 6.42 Å². The average molecular weight is 355 g/mol. The fraction of sp³-hybridized carbons (Fsp3) is 0.529. The van der Waals surface area contributed by atoms with E-state index in [9.17, 15) is 9.59 Å². The third kappa shape index (κ3) is 5.03. The van der Waals surface area contributed by atoms with Crippen LogP contribution >= 0.6 is 11.6 Å². The number of rotatable bonds is 6. The van der Waals surface area contributed by atoms with Gasteiger partial charge in [0.2, 0.25) is 0 Å². The zero-order chi connectivity index (χ0) is 17.5. The summed E-state index contributed by atoms with van der Waals surface area (Å²) in [6.07, 6.45) is 1.55. The Hall–Kier alpha value is -1.95. The molecule has 1 saturated heterocycles. The van der Waals surface area contributed by atoms with Gasteiger partial charge >= 0.3 is 12.0 Å². The first-order valence-corrected chi connectivity index (χ1v) is 8.55. The molecule has 0 saturated carbocycles. The average Bonchev–Trinajstić information content (AvgIpc) is 2.60. The lowest BCUT2D eigenvalue weighted by Crippen LogP contribution is -2.47. The Morgan fingerprint density at radius 1 is 1.38 bits per heavy atom. The second-order valence-corrected chi connectivity index (χ2v) is 6.27. The molecule has 0 bridgehead atoms. The lowest BCUT2D eigenvalue weighted by molar-refractivity contribution is -0.143. The summed E-state index contributed by atoms with van der Waals surface area (Å²) in [6.45, 7) is 3.28. The lowest BCUT2D eigenvalue weighted by atomic mass is 9.97. The molecule has 1 aliphatic rings. The highest BCUT2D eigenvalue weighted by molar-refractivity contribution is 6.32. The van der Waals surface area contributed by atoms with E-state index in [-0.39, 0.29) is 18.1 Å². The topological polar surface area (TPSA) is 78.9 Å². The second-order valence-electron chi connectivity index (χ2n) is 5.86. The third-order valence-corrected chi connectivity index (χ3v) is 4.51. The Bertz CT molecular complexity index is 573. The number of benzene rings is 1. The standard InChI is InChI=1S/C17H23ClN2O4/c1-2-13(24-15-6-4-3-5-14(15)18)11-19-17(23)20-9-7-12(8-10-20)16(21)22/h3-6,12-13H,2,7-11H2,1H3,(H,19,23)(H,21,22). The van der Waals surface area contributed by atoms with Crippen LogP contribution in [0.5, 0.6) is 5.75 Å². The van der Waals surface area contributed by atoms with Crippen molar-refractivity contribution in [3.05, 3.63) is 29.3 Å². The first-order valence-electron chi connectivity index (χ1n) is 8.18. The van der Waals surface area contributed by atoms with Crippen LogP contribution < -0.4 is 10.1 Å². The SMILES string of the molecule is CCC(CNC(=O)N1CCC(C(=O)O)CC1)Oc1ccccc1Cl. The van der Waals surface area contributed by atoms with Crippen molar-refractivity contribution in [3.8, 4) is 5.75 Å². The molecule has 1 unspecified atom stereocenters. The highest BCUT2D eigenvalue weighted by Crippen LogP contribution is 2.24. The van der Waals surface area contributed by atoms with Gasteiger partial charge in [0.25, 0.3) is 0 Å². The number of carboxylic acid groups (broad SMARTS) is 1. The molecule has 0 aromatic heterocycles. The maximum Gasteiger partial charge on any atom is 0.317 e. The molecule has 1 aromatic rings. The van der Waals surface area contributed by atoms with Crippen molar-refractivity contribution in [1.29, 1.82) is 0 Å². The zero-order valence-corrected chi connectivity index (χ0v) is 14.5. The van der Waals surface area contributed by atoms with Crippen LogP contribution in [0.25, 0.3) is 0 Å². The first-order chi connectivity index (χ1) is 11.5. The summed E-state index contributed by atoms with van der Waals surface area (Å²) in [5, 5.41) is 12.4. The zero-order valence-electron chi connectivity index (χ0n) is 13.7. The van der Waals surface area contributed by atoms with Crippen molar-refractivity contribution in [2.45, 2.75) is 32.3 Å². The van der Waals surface area contributed by atoms with E-state index in [0.29, 0.717) is 43.2 Å². The number of nitrogens with one attached hydrogen (secondary N) is 1. The molecule has 6 nitrogen and oxygen atoms in total. The summed E-state index contributed by atoms with van der Waals surface area (Å²) >= 11 is 6.08. The van der Waals surface area contributed by atoms with Gasteiger partial charge in [0, 0.05) is 13.1 Å². The van der Waals surface area contributed by atoms with Gasteiger partial charge in [-0.05, 0) is 31.4 Å². The second kappa shape index (κ2) is 8.78. The number of para-hydroxylation sites is 1. The van der Waals surface area contributed by atoms with Gasteiger partial charge in [-0.25, -0.2) is 4.79 Å². The number of halogens is 1. The van der Waals surface area contributed by atoms with Gasteiger partial charge in [-0.3, -0.25) is 4.79 Å².